The summed E-state index contributed by atoms with van der Waals surface area (Å²) in [6.45, 7) is 1.30. The molecule has 0 bridgehead atoms. The molecule has 2 heterocycles. The molecule has 28 heavy (non-hydrogen) atoms. The lowest BCUT2D eigenvalue weighted by Gasteiger charge is -2.18. The Morgan fingerprint density at radius 2 is 1.75 bits per heavy atom. The van der Waals surface area contributed by atoms with E-state index >= 15 is 0 Å². The molecule has 1 saturated heterocycles. The van der Waals surface area contributed by atoms with Gasteiger partial charge in [-0.1, -0.05) is 24.4 Å². The molecule has 0 radical (unpaired) electrons. The van der Waals surface area contributed by atoms with Crippen LogP contribution in [-0.2, 0) is 21.4 Å². The molecule has 1 fully saturated rings. The van der Waals surface area contributed by atoms with E-state index in [2.05, 4.69) is 5.32 Å². The molecule has 9 heteroatoms. The summed E-state index contributed by atoms with van der Waals surface area (Å²) in [6.07, 6.45) is 3.96. The maximum atomic E-state index is 12.8. The minimum atomic E-state index is -3.45. The van der Waals surface area contributed by atoms with Crippen molar-refractivity contribution in [2.45, 2.75) is 36.4 Å². The van der Waals surface area contributed by atoms with Gasteiger partial charge in [0.25, 0.3) is 15.9 Å². The summed E-state index contributed by atoms with van der Waals surface area (Å²) in [6, 6.07) is 10.1. The van der Waals surface area contributed by atoms with Crippen LogP contribution in [0.4, 0.5) is 0 Å². The van der Waals surface area contributed by atoms with Gasteiger partial charge < -0.3 is 10.1 Å². The topological polar surface area (TPSA) is 75.7 Å². The zero-order valence-electron chi connectivity index (χ0n) is 15.4. The van der Waals surface area contributed by atoms with Crippen LogP contribution >= 0.6 is 22.9 Å². The number of sulfonamides is 1. The number of hydrogen-bond donors (Lipinski definition) is 1. The van der Waals surface area contributed by atoms with Crippen molar-refractivity contribution in [1.29, 1.82) is 0 Å². The molecule has 6 nitrogen and oxygen atoms in total. The normalized spacial score (nSPS) is 15.8. The second kappa shape index (κ2) is 9.73. The van der Waals surface area contributed by atoms with Crippen molar-refractivity contribution < 1.29 is 17.9 Å². The second-order valence-electron chi connectivity index (χ2n) is 6.56. The van der Waals surface area contributed by atoms with Crippen LogP contribution in [0.25, 0.3) is 0 Å². The van der Waals surface area contributed by atoms with Crippen LogP contribution in [0.3, 0.4) is 0 Å². The maximum Gasteiger partial charge on any atom is 0.258 e. The summed E-state index contributed by atoms with van der Waals surface area (Å²) in [5.41, 5.74) is 0. The molecule has 0 spiro atoms. The van der Waals surface area contributed by atoms with Crippen molar-refractivity contribution in [3.63, 3.8) is 0 Å². The Kier molecular flexibility index (Phi) is 7.34. The quantitative estimate of drug-likeness (QED) is 0.709. The first-order chi connectivity index (χ1) is 13.4. The van der Waals surface area contributed by atoms with E-state index in [0.717, 1.165) is 30.6 Å². The van der Waals surface area contributed by atoms with Crippen LogP contribution < -0.4 is 10.1 Å². The molecule has 1 aromatic heterocycles. The van der Waals surface area contributed by atoms with Crippen LogP contribution in [0, 0.1) is 0 Å². The Morgan fingerprint density at radius 1 is 1.07 bits per heavy atom. The third-order valence-electron chi connectivity index (χ3n) is 4.44. The number of carbonyl (C=O) groups is 1. The van der Waals surface area contributed by atoms with Gasteiger partial charge in [-0.3, -0.25) is 4.79 Å². The van der Waals surface area contributed by atoms with Gasteiger partial charge in [0.05, 0.1) is 6.54 Å². The van der Waals surface area contributed by atoms with Crippen molar-refractivity contribution in [2.75, 3.05) is 19.7 Å². The fourth-order valence-corrected chi connectivity index (χ4v) is 6.01. The second-order valence-corrected chi connectivity index (χ2v) is 10.3. The molecule has 0 atom stereocenters. The van der Waals surface area contributed by atoms with Crippen molar-refractivity contribution >= 4 is 38.9 Å². The van der Waals surface area contributed by atoms with Gasteiger partial charge in [0, 0.05) is 23.0 Å². The summed E-state index contributed by atoms with van der Waals surface area (Å²) in [5, 5.41) is 3.34. The highest BCUT2D eigenvalue weighted by Crippen LogP contribution is 2.26. The van der Waals surface area contributed by atoms with E-state index in [9.17, 15) is 13.2 Å². The number of benzene rings is 1. The van der Waals surface area contributed by atoms with Gasteiger partial charge in [-0.05, 0) is 49.2 Å². The highest BCUT2D eigenvalue weighted by atomic mass is 35.5. The fraction of sp³-hybridized carbons (Fsp3) is 0.421. The molecule has 1 aromatic carbocycles. The summed E-state index contributed by atoms with van der Waals surface area (Å²) >= 11 is 7.00. The number of rotatable bonds is 7. The van der Waals surface area contributed by atoms with E-state index in [0.29, 0.717) is 28.1 Å². The van der Waals surface area contributed by atoms with Crippen molar-refractivity contribution in [1.82, 2.24) is 9.62 Å². The van der Waals surface area contributed by atoms with Crippen LogP contribution in [0.2, 0.25) is 5.02 Å². The van der Waals surface area contributed by atoms with Crippen molar-refractivity contribution in [3.05, 3.63) is 46.3 Å². The molecule has 0 aliphatic carbocycles. The molecule has 152 valence electrons. The number of hydrogen-bond acceptors (Lipinski definition) is 5. The Morgan fingerprint density at radius 3 is 2.43 bits per heavy atom. The van der Waals surface area contributed by atoms with Gasteiger partial charge in [-0.15, -0.1) is 11.3 Å². The van der Waals surface area contributed by atoms with Crippen LogP contribution in [0.15, 0.2) is 40.6 Å². The minimum absolute atomic E-state index is 0.119. The Bertz CT molecular complexity index is 889. The summed E-state index contributed by atoms with van der Waals surface area (Å²) in [5.74, 6) is 0.279. The van der Waals surface area contributed by atoms with Gasteiger partial charge >= 0.3 is 0 Å². The first-order valence-electron chi connectivity index (χ1n) is 9.19. The molecule has 1 aliphatic rings. The molecule has 1 amide bonds. The lowest BCUT2D eigenvalue weighted by atomic mass is 10.2. The van der Waals surface area contributed by atoms with E-state index in [1.54, 1.807) is 40.7 Å². The van der Waals surface area contributed by atoms with E-state index in [1.165, 1.54) is 11.3 Å². The summed E-state index contributed by atoms with van der Waals surface area (Å²) in [4.78, 5) is 12.7. The number of halogens is 1. The molecule has 0 unspecified atom stereocenters. The zero-order valence-corrected chi connectivity index (χ0v) is 17.8. The third kappa shape index (κ3) is 5.70. The largest absolute Gasteiger partial charge is 0.484 e. The SMILES string of the molecule is O=C(COc1ccc(Cl)cc1)NCc1ccc(S(=O)(=O)N2CCCCCC2)s1. The summed E-state index contributed by atoms with van der Waals surface area (Å²) < 4.78 is 32.9. The van der Waals surface area contributed by atoms with Gasteiger partial charge in [0.15, 0.2) is 6.61 Å². The average molecular weight is 443 g/mol. The lowest BCUT2D eigenvalue weighted by molar-refractivity contribution is -0.123. The predicted molar refractivity (Wildman–Crippen MR) is 110 cm³/mol. The van der Waals surface area contributed by atoms with Crippen LogP contribution in [-0.4, -0.2) is 38.3 Å². The molecule has 2 aromatic rings. The fourth-order valence-electron chi connectivity index (χ4n) is 2.92. The predicted octanol–water partition coefficient (Wildman–Crippen LogP) is 3.66. The first-order valence-corrected chi connectivity index (χ1v) is 11.8. The standard InChI is InChI=1S/C19H23ClN2O4S2/c20-15-5-7-16(8-6-15)26-14-18(23)21-13-17-9-10-19(27-17)28(24,25)22-11-3-1-2-4-12-22/h5-10H,1-4,11-14H2,(H,21,23). The number of thiophene rings is 1. The highest BCUT2D eigenvalue weighted by Gasteiger charge is 2.26. The lowest BCUT2D eigenvalue weighted by Crippen LogP contribution is -2.31. The van der Waals surface area contributed by atoms with Crippen molar-refractivity contribution in [3.8, 4) is 5.75 Å². The molecular formula is C19H23ClN2O4S2. The number of amides is 1. The minimum Gasteiger partial charge on any atom is -0.484 e. The van der Waals surface area contributed by atoms with Gasteiger partial charge in [0.2, 0.25) is 0 Å². The molecule has 3 rings (SSSR count). The Hall–Kier alpha value is -1.61. The molecular weight excluding hydrogens is 420 g/mol. The van der Waals surface area contributed by atoms with Crippen molar-refractivity contribution in [2.24, 2.45) is 0 Å². The Labute approximate surface area is 174 Å². The van der Waals surface area contributed by atoms with Gasteiger partial charge in [-0.25, -0.2) is 8.42 Å². The third-order valence-corrected chi connectivity index (χ3v) is 8.14. The first kappa shape index (κ1) is 21.1. The van der Waals surface area contributed by atoms with Crippen LogP contribution in [0.5, 0.6) is 5.75 Å². The average Bonchev–Trinajstić information content (AvgIpc) is 2.99. The monoisotopic (exact) mass is 442 g/mol. The molecule has 1 aliphatic heterocycles. The highest BCUT2D eigenvalue weighted by molar-refractivity contribution is 7.91. The number of nitrogens with one attached hydrogen (secondary N) is 1. The van der Waals surface area contributed by atoms with E-state index in [4.69, 9.17) is 16.3 Å². The van der Waals surface area contributed by atoms with E-state index in [1.807, 2.05) is 0 Å². The van der Waals surface area contributed by atoms with E-state index in [-0.39, 0.29) is 19.1 Å². The molecule has 1 N–H and O–H groups in total. The van der Waals surface area contributed by atoms with E-state index < -0.39 is 10.0 Å². The molecule has 0 saturated carbocycles. The number of nitrogens with zero attached hydrogens (tertiary/aromatic N) is 1. The number of ether oxygens (including phenoxy) is 1. The van der Waals surface area contributed by atoms with Crippen LogP contribution in [0.1, 0.15) is 30.6 Å². The maximum absolute atomic E-state index is 12.8. The summed E-state index contributed by atoms with van der Waals surface area (Å²) in [7, 11) is -3.45. The number of carbonyl (C=O) groups excluding carboxylic acids is 1. The Balaban J connectivity index is 1.51. The zero-order chi connectivity index (χ0) is 20.0. The smallest absolute Gasteiger partial charge is 0.258 e. The van der Waals surface area contributed by atoms with Gasteiger partial charge in [-0.2, -0.15) is 4.31 Å². The van der Waals surface area contributed by atoms with Gasteiger partial charge in [0.1, 0.15) is 9.96 Å².